The second-order valence-corrected chi connectivity index (χ2v) is 7.69. The van der Waals surface area contributed by atoms with Gasteiger partial charge in [0.25, 0.3) is 0 Å². The Labute approximate surface area is 159 Å². The molecule has 136 valence electrons. The average Bonchev–Trinajstić information content (AvgIpc) is 2.97. The summed E-state index contributed by atoms with van der Waals surface area (Å²) in [4.78, 5) is 6.58. The lowest BCUT2D eigenvalue weighted by atomic mass is 10.1. The molecule has 0 aliphatic carbocycles. The van der Waals surface area contributed by atoms with Crippen LogP contribution >= 0.6 is 11.6 Å². The Balaban J connectivity index is 1.48. The highest BCUT2D eigenvalue weighted by Gasteiger charge is 2.17. The third kappa shape index (κ3) is 3.87. The summed E-state index contributed by atoms with van der Waals surface area (Å²) in [6.45, 7) is 4.35. The zero-order chi connectivity index (χ0) is 17.9. The summed E-state index contributed by atoms with van der Waals surface area (Å²) in [5, 5.41) is 4.26. The van der Waals surface area contributed by atoms with Crippen LogP contribution in [0.5, 0.6) is 0 Å². The van der Waals surface area contributed by atoms with Crippen molar-refractivity contribution in [3.05, 3.63) is 58.9 Å². The van der Waals surface area contributed by atoms with Crippen LogP contribution < -0.4 is 10.2 Å². The molecule has 0 atom stereocenters. The van der Waals surface area contributed by atoms with Crippen molar-refractivity contribution in [3.63, 3.8) is 0 Å². The lowest BCUT2D eigenvalue weighted by molar-refractivity contribution is -0.919. The van der Waals surface area contributed by atoms with E-state index >= 15 is 0 Å². The molecule has 1 aliphatic rings. The number of anilines is 1. The smallest absolute Gasteiger partial charge is 0.165 e. The Hall–Kier alpha value is -2.04. The van der Waals surface area contributed by atoms with Gasteiger partial charge in [-0.25, -0.2) is 4.98 Å². The van der Waals surface area contributed by atoms with Gasteiger partial charge in [0.05, 0.1) is 24.1 Å². The van der Waals surface area contributed by atoms with Crippen molar-refractivity contribution in [1.29, 1.82) is 0 Å². The number of nitrogens with one attached hydrogen (secondary N) is 2. The fourth-order valence-electron chi connectivity index (χ4n) is 3.78. The predicted octanol–water partition coefficient (Wildman–Crippen LogP) is 3.41. The highest BCUT2D eigenvalue weighted by molar-refractivity contribution is 6.30. The molecule has 1 aliphatic heterocycles. The number of likely N-dealkylation sites (tertiary alicyclic amines) is 1. The molecule has 0 bridgehead atoms. The Kier molecular flexibility index (Phi) is 5.14. The van der Waals surface area contributed by atoms with E-state index in [0.29, 0.717) is 0 Å². The van der Waals surface area contributed by atoms with Crippen molar-refractivity contribution >= 4 is 28.3 Å². The molecule has 2 heterocycles. The highest BCUT2D eigenvalue weighted by Crippen LogP contribution is 2.20. The molecule has 1 aromatic heterocycles. The van der Waals surface area contributed by atoms with Gasteiger partial charge in [0.15, 0.2) is 5.82 Å². The number of imidazole rings is 1. The van der Waals surface area contributed by atoms with Gasteiger partial charge < -0.3 is 14.8 Å². The van der Waals surface area contributed by atoms with E-state index in [4.69, 9.17) is 16.6 Å². The Morgan fingerprint density at radius 1 is 1.08 bits per heavy atom. The third-order valence-electron chi connectivity index (χ3n) is 5.35. The summed E-state index contributed by atoms with van der Waals surface area (Å²) in [7, 11) is 2.13. The van der Waals surface area contributed by atoms with E-state index in [-0.39, 0.29) is 0 Å². The van der Waals surface area contributed by atoms with E-state index in [9.17, 15) is 0 Å². The van der Waals surface area contributed by atoms with Crippen LogP contribution in [0, 0.1) is 0 Å². The lowest BCUT2D eigenvalue weighted by Gasteiger charge is -2.23. The fraction of sp³-hybridized carbons (Fsp3) is 0.381. The van der Waals surface area contributed by atoms with E-state index in [0.717, 1.165) is 29.3 Å². The van der Waals surface area contributed by atoms with Gasteiger partial charge in [0, 0.05) is 24.3 Å². The average molecular weight is 370 g/mol. The number of nitrogens with zero attached hydrogens (tertiary/aromatic N) is 2. The largest absolute Gasteiger partial charge is 0.381 e. The van der Waals surface area contributed by atoms with Crippen LogP contribution in [0.25, 0.3) is 11.0 Å². The Morgan fingerprint density at radius 2 is 1.85 bits per heavy atom. The van der Waals surface area contributed by atoms with Gasteiger partial charge >= 0.3 is 0 Å². The summed E-state index contributed by atoms with van der Waals surface area (Å²) in [6.07, 6.45) is 4.07. The van der Waals surface area contributed by atoms with Crippen LogP contribution in [-0.2, 0) is 20.1 Å². The molecule has 26 heavy (non-hydrogen) atoms. The summed E-state index contributed by atoms with van der Waals surface area (Å²) >= 11 is 5.95. The van der Waals surface area contributed by atoms with Gasteiger partial charge in [-0.3, -0.25) is 0 Å². The van der Waals surface area contributed by atoms with Crippen molar-refractivity contribution < 1.29 is 4.90 Å². The van der Waals surface area contributed by atoms with Gasteiger partial charge in [-0.2, -0.15) is 0 Å². The van der Waals surface area contributed by atoms with Crippen LogP contribution in [0.15, 0.2) is 42.5 Å². The van der Waals surface area contributed by atoms with Gasteiger partial charge in [-0.05, 0) is 55.2 Å². The van der Waals surface area contributed by atoms with Gasteiger partial charge in [0.2, 0.25) is 0 Å². The van der Waals surface area contributed by atoms with Crippen LogP contribution in [0.3, 0.4) is 0 Å². The maximum Gasteiger partial charge on any atom is 0.165 e. The van der Waals surface area contributed by atoms with Crippen LogP contribution in [0.4, 0.5) is 5.69 Å². The number of rotatable bonds is 5. The first-order chi connectivity index (χ1) is 12.7. The second-order valence-electron chi connectivity index (χ2n) is 7.26. The van der Waals surface area contributed by atoms with Crippen molar-refractivity contribution in [2.75, 3.05) is 18.4 Å². The molecule has 0 amide bonds. The molecule has 1 saturated heterocycles. The topological polar surface area (TPSA) is 34.3 Å². The van der Waals surface area contributed by atoms with Crippen molar-refractivity contribution in [2.45, 2.75) is 32.4 Å². The summed E-state index contributed by atoms with van der Waals surface area (Å²) < 4.78 is 2.25. The zero-order valence-corrected chi connectivity index (χ0v) is 16.0. The van der Waals surface area contributed by atoms with Crippen LogP contribution in [0.1, 0.15) is 30.7 Å². The highest BCUT2D eigenvalue weighted by atomic mass is 35.5. The molecule has 0 spiro atoms. The minimum Gasteiger partial charge on any atom is -0.381 e. The number of quaternary nitrogens is 1. The normalized spacial score (nSPS) is 15.5. The Bertz CT molecular complexity index is 879. The molecule has 0 unspecified atom stereocenters. The van der Waals surface area contributed by atoms with E-state index in [2.05, 4.69) is 35.1 Å². The molecule has 2 N–H and O–H groups in total. The van der Waals surface area contributed by atoms with Crippen LogP contribution in [-0.4, -0.2) is 22.6 Å². The van der Waals surface area contributed by atoms with E-state index < -0.39 is 0 Å². The zero-order valence-electron chi connectivity index (χ0n) is 15.3. The molecule has 1 fully saturated rings. The molecule has 2 aromatic carbocycles. The monoisotopic (exact) mass is 369 g/mol. The number of aromatic nitrogens is 2. The minimum atomic E-state index is 0.770. The van der Waals surface area contributed by atoms with E-state index in [1.54, 1.807) is 4.90 Å². The van der Waals surface area contributed by atoms with Gasteiger partial charge in [0.1, 0.15) is 6.54 Å². The number of benzene rings is 2. The summed E-state index contributed by atoms with van der Waals surface area (Å²) in [5.74, 6) is 1.19. The maximum atomic E-state index is 5.95. The van der Waals surface area contributed by atoms with Gasteiger partial charge in [-0.15, -0.1) is 0 Å². The number of hydrogen-bond donors (Lipinski definition) is 2. The molecule has 4 rings (SSSR count). The number of hydrogen-bond acceptors (Lipinski definition) is 2. The first-order valence-corrected chi connectivity index (χ1v) is 9.84. The molecule has 3 aromatic rings. The minimum absolute atomic E-state index is 0.770. The predicted molar refractivity (Wildman–Crippen MR) is 108 cm³/mol. The third-order valence-corrected chi connectivity index (χ3v) is 5.60. The summed E-state index contributed by atoms with van der Waals surface area (Å²) in [6, 6.07) is 14.4. The maximum absolute atomic E-state index is 5.95. The standard InChI is InChI=1S/C21H25ClN4/c1-25-20-10-9-18(23-14-16-5-7-17(22)8-6-16)13-19(20)24-21(25)15-26-11-3-2-4-12-26/h5-10,13,23H,2-4,11-12,14-15H2,1H3/p+1. The van der Waals surface area contributed by atoms with Crippen molar-refractivity contribution in [3.8, 4) is 0 Å². The molecule has 0 saturated carbocycles. The molecular formula is C21H26ClN4+. The number of fused-ring (bicyclic) bond motifs is 1. The fourth-order valence-corrected chi connectivity index (χ4v) is 3.90. The molecule has 0 radical (unpaired) electrons. The van der Waals surface area contributed by atoms with Gasteiger partial charge in [-0.1, -0.05) is 23.7 Å². The first-order valence-electron chi connectivity index (χ1n) is 9.46. The quantitative estimate of drug-likeness (QED) is 0.722. The SMILES string of the molecule is Cn1c(C[NH+]2CCCCC2)nc2cc(NCc3ccc(Cl)cc3)ccc21. The van der Waals surface area contributed by atoms with Crippen LogP contribution in [0.2, 0.25) is 5.02 Å². The van der Waals surface area contributed by atoms with E-state index in [1.165, 1.54) is 49.3 Å². The number of halogens is 1. The number of aryl methyl sites for hydroxylation is 1. The van der Waals surface area contributed by atoms with Crippen molar-refractivity contribution in [2.24, 2.45) is 7.05 Å². The lowest BCUT2D eigenvalue weighted by Crippen LogP contribution is -3.11. The number of piperidine rings is 1. The molecule has 4 nitrogen and oxygen atoms in total. The van der Waals surface area contributed by atoms with E-state index in [1.807, 2.05) is 24.3 Å². The Morgan fingerprint density at radius 3 is 2.62 bits per heavy atom. The van der Waals surface area contributed by atoms with Crippen molar-refractivity contribution in [1.82, 2.24) is 9.55 Å². The molecule has 5 heteroatoms. The first kappa shape index (κ1) is 17.4. The molecular weight excluding hydrogens is 344 g/mol. The second kappa shape index (κ2) is 7.68. The summed E-state index contributed by atoms with van der Waals surface area (Å²) in [5.41, 5.74) is 4.58.